The number of para-hydroxylation sites is 1. The lowest BCUT2D eigenvalue weighted by Gasteiger charge is -2.21. The smallest absolute Gasteiger partial charge is 0.264 e. The third-order valence-corrected chi connectivity index (χ3v) is 6.59. The number of ether oxygens (including phenoxy) is 1. The molecule has 0 radical (unpaired) electrons. The predicted molar refractivity (Wildman–Crippen MR) is 115 cm³/mol. The van der Waals surface area contributed by atoms with Gasteiger partial charge in [0.25, 0.3) is 5.91 Å². The summed E-state index contributed by atoms with van der Waals surface area (Å²) in [6.07, 6.45) is 0.953. The van der Waals surface area contributed by atoms with Gasteiger partial charge in [0, 0.05) is 35.3 Å². The van der Waals surface area contributed by atoms with Crippen LogP contribution in [0.4, 0.5) is 4.39 Å². The van der Waals surface area contributed by atoms with Crippen LogP contribution in [0.1, 0.15) is 28.6 Å². The van der Waals surface area contributed by atoms with Crippen molar-refractivity contribution in [2.24, 2.45) is 0 Å². The molecule has 1 aliphatic heterocycles. The lowest BCUT2D eigenvalue weighted by atomic mass is 10.1. The molecular formula is C23H25FN2O2S. The Morgan fingerprint density at radius 3 is 2.69 bits per heavy atom. The largest absolute Gasteiger partial charge is 0.489 e. The Morgan fingerprint density at radius 2 is 1.90 bits per heavy atom. The molecule has 2 aromatic carbocycles. The molecule has 6 heteroatoms. The molecule has 0 N–H and O–H groups in total. The Hall–Kier alpha value is -2.44. The molecular weight excluding hydrogens is 387 g/mol. The van der Waals surface area contributed by atoms with E-state index in [4.69, 9.17) is 4.74 Å². The second-order valence-electron chi connectivity index (χ2n) is 7.20. The molecule has 3 aromatic rings. The summed E-state index contributed by atoms with van der Waals surface area (Å²) in [6.45, 7) is 6.61. The van der Waals surface area contributed by atoms with Crippen molar-refractivity contribution in [2.75, 3.05) is 32.7 Å². The molecule has 0 bridgehead atoms. The number of rotatable bonds is 5. The summed E-state index contributed by atoms with van der Waals surface area (Å²) in [4.78, 5) is 18.3. The Kier molecular flexibility index (Phi) is 6.11. The summed E-state index contributed by atoms with van der Waals surface area (Å²) in [6, 6.07) is 14.4. The van der Waals surface area contributed by atoms with Crippen LogP contribution in [0.3, 0.4) is 0 Å². The first-order valence-corrected chi connectivity index (χ1v) is 10.9. The summed E-state index contributed by atoms with van der Waals surface area (Å²) in [5, 5.41) is 0.502. The van der Waals surface area contributed by atoms with Gasteiger partial charge in [-0.15, -0.1) is 11.3 Å². The van der Waals surface area contributed by atoms with E-state index in [1.54, 1.807) is 6.07 Å². The number of likely N-dealkylation sites (N-methyl/N-ethyl adjacent to an activating group) is 1. The molecule has 2 heterocycles. The molecule has 1 aliphatic rings. The van der Waals surface area contributed by atoms with Crippen LogP contribution in [0.15, 0.2) is 48.5 Å². The van der Waals surface area contributed by atoms with Crippen molar-refractivity contribution < 1.29 is 13.9 Å². The van der Waals surface area contributed by atoms with Gasteiger partial charge in [-0.05, 0) is 43.8 Å². The minimum Gasteiger partial charge on any atom is -0.489 e. The highest BCUT2D eigenvalue weighted by Crippen LogP contribution is 2.35. The van der Waals surface area contributed by atoms with E-state index in [2.05, 4.69) is 11.8 Å². The fourth-order valence-corrected chi connectivity index (χ4v) is 4.97. The van der Waals surface area contributed by atoms with Crippen molar-refractivity contribution in [3.8, 4) is 5.75 Å². The van der Waals surface area contributed by atoms with Crippen molar-refractivity contribution >= 4 is 27.3 Å². The molecule has 4 nitrogen and oxygen atoms in total. The molecule has 4 rings (SSSR count). The number of carbonyl (C=O) groups excluding carboxylic acids is 1. The van der Waals surface area contributed by atoms with Gasteiger partial charge in [0.2, 0.25) is 0 Å². The van der Waals surface area contributed by atoms with E-state index in [9.17, 15) is 9.18 Å². The molecule has 0 saturated carbocycles. The van der Waals surface area contributed by atoms with Crippen LogP contribution >= 0.6 is 11.3 Å². The van der Waals surface area contributed by atoms with Crippen LogP contribution in [0.2, 0.25) is 0 Å². The zero-order valence-corrected chi connectivity index (χ0v) is 17.4. The van der Waals surface area contributed by atoms with Crippen molar-refractivity contribution in [1.82, 2.24) is 9.80 Å². The van der Waals surface area contributed by atoms with Crippen LogP contribution in [0, 0.1) is 5.82 Å². The number of halogens is 1. The number of amides is 1. The van der Waals surface area contributed by atoms with Crippen LogP contribution in [-0.4, -0.2) is 48.4 Å². The number of benzene rings is 2. The Labute approximate surface area is 174 Å². The predicted octanol–water partition coefficient (Wildman–Crippen LogP) is 4.79. The average molecular weight is 413 g/mol. The third-order valence-electron chi connectivity index (χ3n) is 5.41. The maximum atomic E-state index is 14.7. The molecule has 152 valence electrons. The second kappa shape index (κ2) is 8.93. The zero-order chi connectivity index (χ0) is 20.2. The minimum absolute atomic E-state index is 0.0183. The number of hydrogen-bond donors (Lipinski definition) is 0. The van der Waals surface area contributed by atoms with E-state index in [1.807, 2.05) is 41.3 Å². The quantitative estimate of drug-likeness (QED) is 0.604. The summed E-state index contributed by atoms with van der Waals surface area (Å²) >= 11 is 1.36. The minimum atomic E-state index is -0.308. The summed E-state index contributed by atoms with van der Waals surface area (Å²) in [7, 11) is 0. The Morgan fingerprint density at radius 1 is 1.07 bits per heavy atom. The zero-order valence-electron chi connectivity index (χ0n) is 16.6. The first-order chi connectivity index (χ1) is 14.2. The van der Waals surface area contributed by atoms with Crippen molar-refractivity contribution in [3.63, 3.8) is 0 Å². The highest BCUT2D eigenvalue weighted by Gasteiger charge is 2.26. The van der Waals surface area contributed by atoms with E-state index in [1.165, 1.54) is 17.4 Å². The molecule has 0 atom stereocenters. The average Bonchev–Trinajstić information content (AvgIpc) is 2.95. The highest BCUT2D eigenvalue weighted by atomic mass is 32.1. The molecule has 0 spiro atoms. The molecule has 29 heavy (non-hydrogen) atoms. The maximum absolute atomic E-state index is 14.7. The van der Waals surface area contributed by atoms with E-state index >= 15 is 0 Å². The van der Waals surface area contributed by atoms with Gasteiger partial charge >= 0.3 is 0 Å². The van der Waals surface area contributed by atoms with Gasteiger partial charge < -0.3 is 14.5 Å². The Bertz CT molecular complexity index is 989. The lowest BCUT2D eigenvalue weighted by molar-refractivity contribution is 0.0764. The first kappa shape index (κ1) is 19.9. The highest BCUT2D eigenvalue weighted by molar-refractivity contribution is 7.21. The van der Waals surface area contributed by atoms with E-state index in [-0.39, 0.29) is 18.3 Å². The molecule has 1 fully saturated rings. The molecule has 0 aliphatic carbocycles. The van der Waals surface area contributed by atoms with Gasteiger partial charge in [-0.3, -0.25) is 4.79 Å². The van der Waals surface area contributed by atoms with E-state index in [0.29, 0.717) is 28.1 Å². The van der Waals surface area contributed by atoms with Gasteiger partial charge in [-0.2, -0.15) is 0 Å². The van der Waals surface area contributed by atoms with Gasteiger partial charge in [0.15, 0.2) is 0 Å². The topological polar surface area (TPSA) is 32.8 Å². The third kappa shape index (κ3) is 4.28. The lowest BCUT2D eigenvalue weighted by Crippen LogP contribution is -2.35. The van der Waals surface area contributed by atoms with Crippen LogP contribution < -0.4 is 4.74 Å². The summed E-state index contributed by atoms with van der Waals surface area (Å²) in [5.74, 6) is 0.377. The molecule has 1 amide bonds. The van der Waals surface area contributed by atoms with E-state index in [0.717, 1.165) is 37.3 Å². The van der Waals surface area contributed by atoms with Crippen LogP contribution in [-0.2, 0) is 6.61 Å². The van der Waals surface area contributed by atoms with Crippen molar-refractivity contribution in [2.45, 2.75) is 20.0 Å². The van der Waals surface area contributed by atoms with Crippen LogP contribution in [0.25, 0.3) is 10.1 Å². The second-order valence-corrected chi connectivity index (χ2v) is 8.26. The maximum Gasteiger partial charge on any atom is 0.264 e. The van der Waals surface area contributed by atoms with Crippen molar-refractivity contribution in [1.29, 1.82) is 0 Å². The molecule has 1 saturated heterocycles. The van der Waals surface area contributed by atoms with Gasteiger partial charge in [-0.1, -0.05) is 31.2 Å². The van der Waals surface area contributed by atoms with Gasteiger partial charge in [0.05, 0.1) is 4.88 Å². The number of hydrogen-bond acceptors (Lipinski definition) is 4. The van der Waals surface area contributed by atoms with Gasteiger partial charge in [-0.25, -0.2) is 4.39 Å². The standard InChI is InChI=1S/C23H25FN2O2S/c1-2-25-12-7-13-26(15-14-25)23(27)22-18(16-28-17-8-4-3-5-9-17)21-19(24)10-6-11-20(21)29-22/h3-6,8-11H,2,7,12-16H2,1H3. The van der Waals surface area contributed by atoms with Gasteiger partial charge in [0.1, 0.15) is 18.2 Å². The van der Waals surface area contributed by atoms with Crippen molar-refractivity contribution in [3.05, 3.63) is 64.8 Å². The van der Waals surface area contributed by atoms with E-state index < -0.39 is 0 Å². The molecule has 0 unspecified atom stereocenters. The molecule has 1 aromatic heterocycles. The SMILES string of the molecule is CCN1CCCN(C(=O)c2sc3cccc(F)c3c2COc2ccccc2)CC1. The normalized spacial score (nSPS) is 15.4. The fourth-order valence-electron chi connectivity index (χ4n) is 3.78. The number of carbonyl (C=O) groups is 1. The number of thiophene rings is 1. The fraction of sp³-hybridized carbons (Fsp3) is 0.348. The summed E-state index contributed by atoms with van der Waals surface area (Å²) in [5.41, 5.74) is 0.647. The number of fused-ring (bicyclic) bond motifs is 1. The summed E-state index contributed by atoms with van der Waals surface area (Å²) < 4.78 is 21.4. The monoisotopic (exact) mass is 412 g/mol. The van der Waals surface area contributed by atoms with Crippen LogP contribution in [0.5, 0.6) is 5.75 Å². The number of nitrogens with zero attached hydrogens (tertiary/aromatic N) is 2. The Balaban J connectivity index is 1.66. The first-order valence-electron chi connectivity index (χ1n) is 10.1.